The molecule has 0 radical (unpaired) electrons. The fraction of sp³-hybridized carbons (Fsp3) is 0.333. The summed E-state index contributed by atoms with van der Waals surface area (Å²) in [5.74, 6) is -0.0432. The number of halogens is 3. The highest BCUT2D eigenvalue weighted by atomic mass is 35.5. The van der Waals surface area contributed by atoms with Crippen LogP contribution in [0.25, 0.3) is 0 Å². The molecule has 1 N–H and O–H groups in total. The van der Waals surface area contributed by atoms with E-state index in [1.54, 1.807) is 6.07 Å². The van der Waals surface area contributed by atoms with E-state index in [4.69, 9.17) is 22.0 Å². The zero-order valence-corrected chi connectivity index (χ0v) is 8.30. The maximum Gasteiger partial charge on any atom is 0.265 e. The number of alkyl halides is 3. The fourth-order valence-electron chi connectivity index (χ4n) is 1.16. The van der Waals surface area contributed by atoms with Crippen LogP contribution in [0, 0.1) is 11.3 Å². The van der Waals surface area contributed by atoms with Crippen LogP contribution < -0.4 is 0 Å². The third kappa shape index (κ3) is 2.41. The number of aliphatic hydroxyl groups is 1. The average molecular weight is 233 g/mol. The molecule has 0 bridgehead atoms. The Balaban J connectivity index is 3.41. The Hall–Kier alpha value is -1.25. The van der Waals surface area contributed by atoms with Crippen LogP contribution in [0.5, 0.6) is 0 Å². The topological polar surface area (TPSA) is 56.9 Å². The number of nitrogens with zero attached hydrogens (tertiary/aromatic N) is 2. The lowest BCUT2D eigenvalue weighted by Crippen LogP contribution is -2.03. The SMILES string of the molecule is N#Cc1c(C(F)F)cc(CCl)nc1CO. The van der Waals surface area contributed by atoms with Gasteiger partial charge in [0.2, 0.25) is 0 Å². The summed E-state index contributed by atoms with van der Waals surface area (Å²) in [5, 5.41) is 17.5. The lowest BCUT2D eigenvalue weighted by Gasteiger charge is -2.08. The highest BCUT2D eigenvalue weighted by Crippen LogP contribution is 2.25. The number of hydrogen-bond donors (Lipinski definition) is 1. The van der Waals surface area contributed by atoms with Crippen molar-refractivity contribution in [3.8, 4) is 6.07 Å². The summed E-state index contributed by atoms with van der Waals surface area (Å²) < 4.78 is 25.1. The summed E-state index contributed by atoms with van der Waals surface area (Å²) in [7, 11) is 0. The van der Waals surface area contributed by atoms with Gasteiger partial charge in [-0.25, -0.2) is 8.78 Å². The van der Waals surface area contributed by atoms with Crippen molar-refractivity contribution in [2.45, 2.75) is 18.9 Å². The largest absolute Gasteiger partial charge is 0.390 e. The maximum atomic E-state index is 12.5. The second kappa shape index (κ2) is 5.01. The molecule has 0 amide bonds. The van der Waals surface area contributed by atoms with Gasteiger partial charge in [-0.15, -0.1) is 11.6 Å². The Morgan fingerprint density at radius 1 is 1.60 bits per heavy atom. The van der Waals surface area contributed by atoms with E-state index in [1.165, 1.54) is 0 Å². The first-order valence-electron chi connectivity index (χ1n) is 4.01. The number of nitriles is 1. The standard InChI is InChI=1S/C9H7ClF2N2O/c10-2-5-1-6(9(11)12)7(3-13)8(4-15)14-5/h1,9,15H,2,4H2. The molecule has 0 aliphatic rings. The molecule has 1 heterocycles. The van der Waals surface area contributed by atoms with Crippen LogP contribution in [0.2, 0.25) is 0 Å². The second-order valence-corrected chi connectivity index (χ2v) is 3.00. The van der Waals surface area contributed by atoms with E-state index < -0.39 is 18.6 Å². The predicted molar refractivity (Wildman–Crippen MR) is 49.4 cm³/mol. The van der Waals surface area contributed by atoms with Gasteiger partial charge in [-0.05, 0) is 6.07 Å². The van der Waals surface area contributed by atoms with E-state index in [9.17, 15) is 8.78 Å². The molecular weight excluding hydrogens is 226 g/mol. The number of aliphatic hydroxyl groups excluding tert-OH is 1. The predicted octanol–water partition coefficient (Wildman–Crippen LogP) is 2.12. The minimum atomic E-state index is -2.78. The van der Waals surface area contributed by atoms with Crippen molar-refractivity contribution in [1.82, 2.24) is 4.98 Å². The Labute approximate surface area is 89.9 Å². The Morgan fingerprint density at radius 2 is 2.27 bits per heavy atom. The van der Waals surface area contributed by atoms with Gasteiger partial charge in [0.05, 0.1) is 29.4 Å². The quantitative estimate of drug-likeness (QED) is 0.812. The van der Waals surface area contributed by atoms with E-state index in [0.29, 0.717) is 0 Å². The summed E-state index contributed by atoms with van der Waals surface area (Å²) in [5.41, 5.74) is -0.561. The zero-order chi connectivity index (χ0) is 11.4. The molecule has 0 saturated heterocycles. The lowest BCUT2D eigenvalue weighted by atomic mass is 10.1. The lowest BCUT2D eigenvalue weighted by molar-refractivity contribution is 0.150. The van der Waals surface area contributed by atoms with Crippen molar-refractivity contribution in [3.05, 3.63) is 28.6 Å². The average Bonchev–Trinajstić information content (AvgIpc) is 2.26. The first-order chi connectivity index (χ1) is 7.13. The Morgan fingerprint density at radius 3 is 2.67 bits per heavy atom. The Bertz CT molecular complexity index is 404. The number of aromatic nitrogens is 1. The molecule has 0 fully saturated rings. The van der Waals surface area contributed by atoms with Crippen LogP contribution in [-0.4, -0.2) is 10.1 Å². The summed E-state index contributed by atoms with van der Waals surface area (Å²) in [6.07, 6.45) is -2.78. The van der Waals surface area contributed by atoms with Crippen molar-refractivity contribution >= 4 is 11.6 Å². The molecule has 1 aromatic heterocycles. The van der Waals surface area contributed by atoms with Crippen LogP contribution in [0.15, 0.2) is 6.07 Å². The summed E-state index contributed by atoms with van der Waals surface area (Å²) >= 11 is 5.46. The molecule has 0 atom stereocenters. The van der Waals surface area contributed by atoms with Crippen molar-refractivity contribution in [2.24, 2.45) is 0 Å². The van der Waals surface area contributed by atoms with Gasteiger partial charge in [-0.3, -0.25) is 4.98 Å². The van der Waals surface area contributed by atoms with Gasteiger partial charge < -0.3 is 5.11 Å². The second-order valence-electron chi connectivity index (χ2n) is 2.73. The molecule has 0 spiro atoms. The molecule has 3 nitrogen and oxygen atoms in total. The Kier molecular flexibility index (Phi) is 3.95. The molecule has 1 rings (SSSR count). The van der Waals surface area contributed by atoms with Crippen molar-refractivity contribution in [1.29, 1.82) is 5.26 Å². The first-order valence-corrected chi connectivity index (χ1v) is 4.55. The fourth-order valence-corrected chi connectivity index (χ4v) is 1.30. The van der Waals surface area contributed by atoms with Gasteiger partial charge in [0, 0.05) is 5.56 Å². The molecule has 6 heteroatoms. The number of rotatable bonds is 3. The summed E-state index contributed by atoms with van der Waals surface area (Å²) in [6.45, 7) is -0.562. The van der Waals surface area contributed by atoms with Crippen LogP contribution in [0.4, 0.5) is 8.78 Å². The van der Waals surface area contributed by atoms with E-state index in [2.05, 4.69) is 4.98 Å². The molecule has 0 aliphatic heterocycles. The minimum Gasteiger partial charge on any atom is -0.390 e. The number of hydrogen-bond acceptors (Lipinski definition) is 3. The molecule has 15 heavy (non-hydrogen) atoms. The monoisotopic (exact) mass is 232 g/mol. The third-order valence-electron chi connectivity index (χ3n) is 1.81. The minimum absolute atomic E-state index is 0.0432. The highest BCUT2D eigenvalue weighted by molar-refractivity contribution is 6.16. The molecular formula is C9H7ClF2N2O. The highest BCUT2D eigenvalue weighted by Gasteiger charge is 2.18. The van der Waals surface area contributed by atoms with Gasteiger partial charge in [0.1, 0.15) is 6.07 Å². The number of pyridine rings is 1. The van der Waals surface area contributed by atoms with Crippen molar-refractivity contribution in [3.63, 3.8) is 0 Å². The normalized spacial score (nSPS) is 10.4. The molecule has 0 saturated carbocycles. The van der Waals surface area contributed by atoms with E-state index in [1.807, 2.05) is 0 Å². The van der Waals surface area contributed by atoms with Crippen molar-refractivity contribution < 1.29 is 13.9 Å². The van der Waals surface area contributed by atoms with Crippen molar-refractivity contribution in [2.75, 3.05) is 0 Å². The van der Waals surface area contributed by atoms with Crippen LogP contribution in [-0.2, 0) is 12.5 Å². The molecule has 0 unspecified atom stereocenters. The van der Waals surface area contributed by atoms with Crippen LogP contribution >= 0.6 is 11.6 Å². The van der Waals surface area contributed by atoms with E-state index >= 15 is 0 Å². The molecule has 1 aromatic rings. The zero-order valence-electron chi connectivity index (χ0n) is 7.54. The third-order valence-corrected chi connectivity index (χ3v) is 2.09. The molecule has 0 aromatic carbocycles. The van der Waals surface area contributed by atoms with E-state index in [-0.39, 0.29) is 22.8 Å². The first kappa shape index (κ1) is 11.8. The van der Waals surface area contributed by atoms with E-state index in [0.717, 1.165) is 6.07 Å². The van der Waals surface area contributed by atoms with Crippen LogP contribution in [0.1, 0.15) is 28.9 Å². The van der Waals surface area contributed by atoms with Gasteiger partial charge in [0.25, 0.3) is 6.43 Å². The van der Waals surface area contributed by atoms with Gasteiger partial charge in [-0.2, -0.15) is 5.26 Å². The van der Waals surface area contributed by atoms with Gasteiger partial charge >= 0.3 is 0 Å². The molecule has 80 valence electrons. The smallest absolute Gasteiger partial charge is 0.265 e. The summed E-state index contributed by atoms with van der Waals surface area (Å²) in [4.78, 5) is 3.79. The summed E-state index contributed by atoms with van der Waals surface area (Å²) in [6, 6.07) is 2.68. The van der Waals surface area contributed by atoms with Crippen LogP contribution in [0.3, 0.4) is 0 Å². The van der Waals surface area contributed by atoms with Gasteiger partial charge in [0.15, 0.2) is 0 Å². The molecule has 0 aliphatic carbocycles. The maximum absolute atomic E-state index is 12.5. The van der Waals surface area contributed by atoms with Gasteiger partial charge in [-0.1, -0.05) is 0 Å².